The average molecular weight is 336 g/mol. The highest BCUT2D eigenvalue weighted by Gasteiger charge is 2.27. The maximum atomic E-state index is 13.5. The SMILES string of the molecule is Fc1ccccc1CCNc1cc(Br)nc(C2CC2)n1. The zero-order chi connectivity index (χ0) is 13.9. The van der Waals surface area contributed by atoms with Crippen LogP contribution in [0.1, 0.15) is 30.1 Å². The Morgan fingerprint density at radius 1 is 1.25 bits per heavy atom. The molecule has 0 aliphatic heterocycles. The van der Waals surface area contributed by atoms with Crippen LogP contribution in [0.25, 0.3) is 0 Å². The van der Waals surface area contributed by atoms with Crippen molar-refractivity contribution in [2.24, 2.45) is 0 Å². The molecule has 0 unspecified atom stereocenters. The Labute approximate surface area is 125 Å². The van der Waals surface area contributed by atoms with E-state index in [1.807, 2.05) is 18.2 Å². The number of halogens is 2. The lowest BCUT2D eigenvalue weighted by atomic mass is 10.1. The van der Waals surface area contributed by atoms with E-state index in [4.69, 9.17) is 0 Å². The highest BCUT2D eigenvalue weighted by molar-refractivity contribution is 9.10. The highest BCUT2D eigenvalue weighted by Crippen LogP contribution is 2.38. The molecule has 1 aromatic heterocycles. The van der Waals surface area contributed by atoms with Crippen LogP contribution in [0.4, 0.5) is 10.2 Å². The van der Waals surface area contributed by atoms with Gasteiger partial charge in [0.1, 0.15) is 22.1 Å². The Balaban J connectivity index is 1.62. The molecule has 0 amide bonds. The van der Waals surface area contributed by atoms with Gasteiger partial charge in [0.25, 0.3) is 0 Å². The van der Waals surface area contributed by atoms with Crippen LogP contribution in [-0.2, 0) is 6.42 Å². The van der Waals surface area contributed by atoms with E-state index in [1.165, 1.54) is 18.9 Å². The van der Waals surface area contributed by atoms with Gasteiger partial charge in [-0.05, 0) is 46.8 Å². The highest BCUT2D eigenvalue weighted by atomic mass is 79.9. The molecular weight excluding hydrogens is 321 g/mol. The fourth-order valence-electron chi connectivity index (χ4n) is 2.08. The molecule has 0 atom stereocenters. The molecule has 0 radical (unpaired) electrons. The maximum Gasteiger partial charge on any atom is 0.135 e. The molecule has 1 aliphatic rings. The molecule has 0 bridgehead atoms. The molecule has 1 aliphatic carbocycles. The Morgan fingerprint density at radius 2 is 2.05 bits per heavy atom. The van der Waals surface area contributed by atoms with Crippen molar-refractivity contribution < 1.29 is 4.39 Å². The fourth-order valence-corrected chi connectivity index (χ4v) is 2.47. The van der Waals surface area contributed by atoms with Gasteiger partial charge in [0, 0.05) is 18.5 Å². The Bertz CT molecular complexity index is 614. The summed E-state index contributed by atoms with van der Waals surface area (Å²) in [6, 6.07) is 8.71. The second-order valence-electron chi connectivity index (χ2n) is 4.98. The quantitative estimate of drug-likeness (QED) is 0.842. The van der Waals surface area contributed by atoms with Crippen LogP contribution in [0.2, 0.25) is 0 Å². The van der Waals surface area contributed by atoms with Crippen LogP contribution in [0, 0.1) is 5.82 Å². The van der Waals surface area contributed by atoms with E-state index in [2.05, 4.69) is 31.2 Å². The molecule has 1 saturated carbocycles. The summed E-state index contributed by atoms with van der Waals surface area (Å²) in [6.45, 7) is 0.647. The summed E-state index contributed by atoms with van der Waals surface area (Å²) in [5, 5.41) is 3.24. The summed E-state index contributed by atoms with van der Waals surface area (Å²) in [5.41, 5.74) is 0.718. The largest absolute Gasteiger partial charge is 0.370 e. The van der Waals surface area contributed by atoms with E-state index in [-0.39, 0.29) is 5.82 Å². The number of hydrogen-bond donors (Lipinski definition) is 1. The number of rotatable bonds is 5. The summed E-state index contributed by atoms with van der Waals surface area (Å²) in [6.07, 6.45) is 2.98. The molecule has 0 spiro atoms. The third-order valence-corrected chi connectivity index (χ3v) is 3.72. The van der Waals surface area contributed by atoms with Crippen LogP contribution in [-0.4, -0.2) is 16.5 Å². The third-order valence-electron chi connectivity index (χ3n) is 3.31. The van der Waals surface area contributed by atoms with E-state index >= 15 is 0 Å². The molecule has 1 N–H and O–H groups in total. The van der Waals surface area contributed by atoms with Crippen molar-refractivity contribution in [3.8, 4) is 0 Å². The number of benzene rings is 1. The number of hydrogen-bond acceptors (Lipinski definition) is 3. The zero-order valence-electron chi connectivity index (χ0n) is 10.9. The van der Waals surface area contributed by atoms with Crippen LogP contribution < -0.4 is 5.32 Å². The topological polar surface area (TPSA) is 37.8 Å². The summed E-state index contributed by atoms with van der Waals surface area (Å²) in [5.74, 6) is 2.05. The van der Waals surface area contributed by atoms with Gasteiger partial charge in [-0.2, -0.15) is 0 Å². The first-order chi connectivity index (χ1) is 9.72. The summed E-state index contributed by atoms with van der Waals surface area (Å²) in [4.78, 5) is 8.88. The standard InChI is InChI=1S/C15H15BrFN3/c16-13-9-14(20-15(19-13)11-5-6-11)18-8-7-10-3-1-2-4-12(10)17/h1-4,9,11H,5-8H2,(H,18,19,20). The van der Waals surface area contributed by atoms with Crippen molar-refractivity contribution >= 4 is 21.7 Å². The minimum absolute atomic E-state index is 0.156. The number of nitrogens with one attached hydrogen (secondary N) is 1. The molecule has 1 fully saturated rings. The van der Waals surface area contributed by atoms with Crippen molar-refractivity contribution in [2.45, 2.75) is 25.2 Å². The van der Waals surface area contributed by atoms with E-state index < -0.39 is 0 Å². The van der Waals surface area contributed by atoms with Crippen LogP contribution in [0.5, 0.6) is 0 Å². The molecule has 0 saturated heterocycles. The van der Waals surface area contributed by atoms with Gasteiger partial charge in [0.05, 0.1) is 0 Å². The van der Waals surface area contributed by atoms with Gasteiger partial charge in [0.15, 0.2) is 0 Å². The van der Waals surface area contributed by atoms with Crippen molar-refractivity contribution in [3.63, 3.8) is 0 Å². The van der Waals surface area contributed by atoms with Crippen LogP contribution in [0.15, 0.2) is 34.9 Å². The molecule has 1 heterocycles. The van der Waals surface area contributed by atoms with Crippen LogP contribution in [0.3, 0.4) is 0 Å². The second-order valence-corrected chi connectivity index (χ2v) is 5.79. The molecule has 3 rings (SSSR count). The molecule has 1 aromatic carbocycles. The molecule has 104 valence electrons. The lowest BCUT2D eigenvalue weighted by Crippen LogP contribution is -2.09. The van der Waals surface area contributed by atoms with Gasteiger partial charge in [-0.25, -0.2) is 14.4 Å². The lowest BCUT2D eigenvalue weighted by molar-refractivity contribution is 0.610. The summed E-state index contributed by atoms with van der Waals surface area (Å²) < 4.78 is 14.3. The fraction of sp³-hybridized carbons (Fsp3) is 0.333. The normalized spacial score (nSPS) is 14.3. The Morgan fingerprint density at radius 3 is 2.80 bits per heavy atom. The van der Waals surface area contributed by atoms with E-state index in [1.54, 1.807) is 6.07 Å². The van der Waals surface area contributed by atoms with E-state index in [9.17, 15) is 4.39 Å². The first-order valence-corrected chi connectivity index (χ1v) is 7.53. The monoisotopic (exact) mass is 335 g/mol. The van der Waals surface area contributed by atoms with Crippen molar-refractivity contribution in [2.75, 3.05) is 11.9 Å². The first-order valence-electron chi connectivity index (χ1n) is 6.74. The van der Waals surface area contributed by atoms with Crippen molar-refractivity contribution in [3.05, 3.63) is 52.1 Å². The number of anilines is 1. The van der Waals surface area contributed by atoms with Gasteiger partial charge >= 0.3 is 0 Å². The van der Waals surface area contributed by atoms with Crippen molar-refractivity contribution in [1.29, 1.82) is 0 Å². The maximum absolute atomic E-state index is 13.5. The minimum Gasteiger partial charge on any atom is -0.370 e. The van der Waals surface area contributed by atoms with Gasteiger partial charge < -0.3 is 5.32 Å². The Kier molecular flexibility index (Phi) is 3.96. The lowest BCUT2D eigenvalue weighted by Gasteiger charge is -2.08. The first kappa shape index (κ1) is 13.5. The third kappa shape index (κ3) is 3.33. The zero-order valence-corrected chi connectivity index (χ0v) is 12.5. The second kappa shape index (κ2) is 5.87. The number of nitrogens with zero attached hydrogens (tertiary/aromatic N) is 2. The predicted octanol–water partition coefficient (Wildman–Crippen LogP) is 3.91. The molecule has 2 aromatic rings. The summed E-state index contributed by atoms with van der Waals surface area (Å²) >= 11 is 3.41. The van der Waals surface area contributed by atoms with Crippen molar-refractivity contribution in [1.82, 2.24) is 9.97 Å². The molecule has 20 heavy (non-hydrogen) atoms. The summed E-state index contributed by atoms with van der Waals surface area (Å²) in [7, 11) is 0. The average Bonchev–Trinajstić information content (AvgIpc) is 3.25. The van der Waals surface area contributed by atoms with E-state index in [0.717, 1.165) is 21.8 Å². The molecular formula is C15H15BrFN3. The van der Waals surface area contributed by atoms with Gasteiger partial charge in [0.2, 0.25) is 0 Å². The van der Waals surface area contributed by atoms with Gasteiger partial charge in [-0.1, -0.05) is 18.2 Å². The number of aromatic nitrogens is 2. The van der Waals surface area contributed by atoms with Gasteiger partial charge in [-0.15, -0.1) is 0 Å². The molecule has 5 heteroatoms. The van der Waals surface area contributed by atoms with E-state index in [0.29, 0.717) is 18.9 Å². The predicted molar refractivity (Wildman–Crippen MR) is 80.3 cm³/mol. The minimum atomic E-state index is -0.156. The Hall–Kier alpha value is -1.49. The smallest absolute Gasteiger partial charge is 0.135 e. The van der Waals surface area contributed by atoms with Gasteiger partial charge in [-0.3, -0.25) is 0 Å². The molecule has 3 nitrogen and oxygen atoms in total. The van der Waals surface area contributed by atoms with Crippen LogP contribution >= 0.6 is 15.9 Å².